The molecular weight excluding hydrogens is 402 g/mol. The largest absolute Gasteiger partial charge is 0.493 e. The fraction of sp³-hybridized carbons (Fsp3) is 0.269. The van der Waals surface area contributed by atoms with E-state index in [0.717, 1.165) is 16.7 Å². The van der Waals surface area contributed by atoms with Gasteiger partial charge in [-0.2, -0.15) is 0 Å². The van der Waals surface area contributed by atoms with Crippen LogP contribution >= 0.6 is 0 Å². The molecule has 0 bridgehead atoms. The van der Waals surface area contributed by atoms with Gasteiger partial charge in [0.25, 0.3) is 5.91 Å². The molecule has 1 atom stereocenters. The molecule has 3 aromatic rings. The molecule has 0 N–H and O–H groups in total. The van der Waals surface area contributed by atoms with E-state index in [0.29, 0.717) is 37.4 Å². The van der Waals surface area contributed by atoms with Crippen LogP contribution in [0.15, 0.2) is 73.1 Å². The van der Waals surface area contributed by atoms with Crippen LogP contribution < -0.4 is 4.74 Å². The first-order valence-electron chi connectivity index (χ1n) is 10.9. The predicted molar refractivity (Wildman–Crippen MR) is 123 cm³/mol. The number of piperazine rings is 1. The van der Waals surface area contributed by atoms with Crippen molar-refractivity contribution in [1.29, 1.82) is 0 Å². The summed E-state index contributed by atoms with van der Waals surface area (Å²) >= 11 is 0. The fourth-order valence-corrected chi connectivity index (χ4v) is 4.07. The van der Waals surface area contributed by atoms with Gasteiger partial charge in [-0.1, -0.05) is 42.5 Å². The number of carbonyl (C=O) groups is 2. The second-order valence-electron chi connectivity index (χ2n) is 7.85. The van der Waals surface area contributed by atoms with Crippen molar-refractivity contribution in [2.45, 2.75) is 19.4 Å². The molecule has 0 saturated carbocycles. The molecule has 2 amide bonds. The van der Waals surface area contributed by atoms with E-state index in [1.807, 2.05) is 55.6 Å². The van der Waals surface area contributed by atoms with Crippen molar-refractivity contribution < 1.29 is 14.3 Å². The summed E-state index contributed by atoms with van der Waals surface area (Å²) in [5, 5.41) is 0. The maximum atomic E-state index is 13.5. The Hall–Kier alpha value is -3.67. The van der Waals surface area contributed by atoms with Crippen LogP contribution in [-0.2, 0) is 11.2 Å². The molecule has 6 nitrogen and oxygen atoms in total. The van der Waals surface area contributed by atoms with Crippen molar-refractivity contribution in [2.75, 3.05) is 26.7 Å². The van der Waals surface area contributed by atoms with Gasteiger partial charge < -0.3 is 14.5 Å². The number of nitrogens with zero attached hydrogens (tertiary/aromatic N) is 3. The summed E-state index contributed by atoms with van der Waals surface area (Å²) in [7, 11) is 1.79. The Balaban J connectivity index is 1.63. The monoisotopic (exact) mass is 429 g/mol. The van der Waals surface area contributed by atoms with Gasteiger partial charge in [-0.25, -0.2) is 0 Å². The van der Waals surface area contributed by atoms with Crippen LogP contribution in [0.5, 0.6) is 5.75 Å². The Morgan fingerprint density at radius 1 is 1.06 bits per heavy atom. The Kier molecular flexibility index (Phi) is 6.50. The van der Waals surface area contributed by atoms with E-state index in [1.54, 1.807) is 35.2 Å². The van der Waals surface area contributed by atoms with Gasteiger partial charge in [-0.05, 0) is 41.8 Å². The maximum Gasteiger partial charge on any atom is 0.258 e. The number of ether oxygens (including phenoxy) is 1. The highest BCUT2D eigenvalue weighted by molar-refractivity contribution is 6.00. The third-order valence-corrected chi connectivity index (χ3v) is 5.74. The molecule has 0 spiro atoms. The smallest absolute Gasteiger partial charge is 0.258 e. The van der Waals surface area contributed by atoms with E-state index in [9.17, 15) is 9.59 Å². The van der Waals surface area contributed by atoms with Crippen molar-refractivity contribution in [3.05, 3.63) is 84.2 Å². The zero-order valence-electron chi connectivity index (χ0n) is 18.4. The lowest BCUT2D eigenvalue weighted by molar-refractivity contribution is -0.138. The van der Waals surface area contributed by atoms with Crippen LogP contribution in [0.25, 0.3) is 11.1 Å². The van der Waals surface area contributed by atoms with E-state index in [-0.39, 0.29) is 11.8 Å². The number of aromatic nitrogens is 1. The van der Waals surface area contributed by atoms with Crippen molar-refractivity contribution in [3.8, 4) is 16.9 Å². The van der Waals surface area contributed by atoms with E-state index < -0.39 is 6.04 Å². The van der Waals surface area contributed by atoms with Crippen LogP contribution in [0, 0.1) is 0 Å². The van der Waals surface area contributed by atoms with E-state index >= 15 is 0 Å². The number of hydrogen-bond donors (Lipinski definition) is 0. The van der Waals surface area contributed by atoms with Crippen LogP contribution in [0.3, 0.4) is 0 Å². The molecule has 2 heterocycles. The summed E-state index contributed by atoms with van der Waals surface area (Å²) in [4.78, 5) is 34.2. The average Bonchev–Trinajstić information content (AvgIpc) is 2.83. The molecule has 32 heavy (non-hydrogen) atoms. The SMILES string of the molecule is CCOc1ccccc1C(=O)N1CCN(C)C(=O)[C@H]1Cc1cccc(-c2cccnc2)c1. The highest BCUT2D eigenvalue weighted by atomic mass is 16.5. The average molecular weight is 430 g/mol. The molecule has 0 aliphatic carbocycles. The number of hydrogen-bond acceptors (Lipinski definition) is 4. The second kappa shape index (κ2) is 9.64. The Labute approximate surface area is 188 Å². The standard InChI is InChI=1S/C26H27N3O3/c1-3-32-24-12-5-4-11-22(24)25(30)29-15-14-28(2)26(31)23(29)17-19-8-6-9-20(16-19)21-10-7-13-27-18-21/h4-13,16,18,23H,3,14-15,17H2,1-2H3/t23-/m1/s1. The third kappa shape index (κ3) is 4.49. The normalized spacial score (nSPS) is 16.2. The highest BCUT2D eigenvalue weighted by Gasteiger charge is 2.37. The minimum absolute atomic E-state index is 0.0507. The lowest BCUT2D eigenvalue weighted by Gasteiger charge is -2.39. The molecule has 164 valence electrons. The number of amides is 2. The zero-order chi connectivity index (χ0) is 22.5. The van der Waals surface area contributed by atoms with Gasteiger partial charge in [0.05, 0.1) is 12.2 Å². The second-order valence-corrected chi connectivity index (χ2v) is 7.85. The number of rotatable bonds is 6. The van der Waals surface area contributed by atoms with Gasteiger partial charge in [0.1, 0.15) is 11.8 Å². The lowest BCUT2D eigenvalue weighted by atomic mass is 9.97. The topological polar surface area (TPSA) is 62.7 Å². The van der Waals surface area contributed by atoms with Gasteiger partial charge >= 0.3 is 0 Å². The van der Waals surface area contributed by atoms with Crippen molar-refractivity contribution in [2.24, 2.45) is 0 Å². The van der Waals surface area contributed by atoms with Crippen LogP contribution in [0.4, 0.5) is 0 Å². The van der Waals surface area contributed by atoms with Gasteiger partial charge in [0, 0.05) is 39.0 Å². The first-order chi connectivity index (χ1) is 15.6. The van der Waals surface area contributed by atoms with Crippen molar-refractivity contribution >= 4 is 11.8 Å². The predicted octanol–water partition coefficient (Wildman–Crippen LogP) is 3.67. The van der Waals surface area contributed by atoms with Crippen LogP contribution in [0.1, 0.15) is 22.8 Å². The van der Waals surface area contributed by atoms with Crippen molar-refractivity contribution in [1.82, 2.24) is 14.8 Å². The molecule has 1 fully saturated rings. The first-order valence-corrected chi connectivity index (χ1v) is 10.9. The minimum atomic E-state index is -0.569. The summed E-state index contributed by atoms with van der Waals surface area (Å²) < 4.78 is 5.67. The van der Waals surface area contributed by atoms with Crippen LogP contribution in [0.2, 0.25) is 0 Å². The molecule has 1 aromatic heterocycles. The summed E-state index contributed by atoms with van der Waals surface area (Å²) in [6, 6.07) is 18.6. The molecule has 1 aliphatic rings. The number of para-hydroxylation sites is 1. The highest BCUT2D eigenvalue weighted by Crippen LogP contribution is 2.26. The van der Waals surface area contributed by atoms with Gasteiger partial charge in [-0.3, -0.25) is 14.6 Å². The Morgan fingerprint density at radius 3 is 2.66 bits per heavy atom. The minimum Gasteiger partial charge on any atom is -0.493 e. The van der Waals surface area contributed by atoms with E-state index in [1.165, 1.54) is 0 Å². The van der Waals surface area contributed by atoms with Gasteiger partial charge in [0.15, 0.2) is 0 Å². The molecule has 0 unspecified atom stereocenters. The number of likely N-dealkylation sites (N-methyl/N-ethyl adjacent to an activating group) is 1. The third-order valence-electron chi connectivity index (χ3n) is 5.74. The zero-order valence-corrected chi connectivity index (χ0v) is 18.4. The molecule has 0 radical (unpaired) electrons. The molecular formula is C26H27N3O3. The summed E-state index contributed by atoms with van der Waals surface area (Å²) in [6.45, 7) is 3.34. The Morgan fingerprint density at radius 2 is 1.88 bits per heavy atom. The quantitative estimate of drug-likeness (QED) is 0.600. The number of pyridine rings is 1. The summed E-state index contributed by atoms with van der Waals surface area (Å²) in [5.74, 6) is 0.317. The van der Waals surface area contributed by atoms with Crippen molar-refractivity contribution in [3.63, 3.8) is 0 Å². The molecule has 1 aliphatic heterocycles. The lowest BCUT2D eigenvalue weighted by Crippen LogP contribution is -2.58. The fourth-order valence-electron chi connectivity index (χ4n) is 4.07. The number of carbonyl (C=O) groups excluding carboxylic acids is 2. The number of benzene rings is 2. The van der Waals surface area contributed by atoms with E-state index in [4.69, 9.17) is 4.74 Å². The molecule has 2 aromatic carbocycles. The Bertz CT molecular complexity index is 1100. The molecule has 1 saturated heterocycles. The molecule has 4 rings (SSSR count). The summed E-state index contributed by atoms with van der Waals surface area (Å²) in [6.07, 6.45) is 4.01. The van der Waals surface area contributed by atoms with E-state index in [2.05, 4.69) is 11.1 Å². The first kappa shape index (κ1) is 21.6. The van der Waals surface area contributed by atoms with Crippen LogP contribution in [-0.4, -0.2) is 59.4 Å². The maximum absolute atomic E-state index is 13.5. The van der Waals surface area contributed by atoms with Gasteiger partial charge in [-0.15, -0.1) is 0 Å². The molecule has 6 heteroatoms. The summed E-state index contributed by atoms with van der Waals surface area (Å²) in [5.41, 5.74) is 3.53. The van der Waals surface area contributed by atoms with Gasteiger partial charge in [0.2, 0.25) is 5.91 Å².